The molecule has 0 atom stereocenters. The number of likely N-dealkylation sites (tertiary alicyclic amines) is 1. The Morgan fingerprint density at radius 1 is 1.31 bits per heavy atom. The molecule has 1 amide bonds. The fourth-order valence-corrected chi connectivity index (χ4v) is 3.74. The monoisotopic (exact) mass is 369 g/mol. The summed E-state index contributed by atoms with van der Waals surface area (Å²) in [5.41, 5.74) is 2.51. The van der Waals surface area contributed by atoms with Crippen molar-refractivity contribution in [3.63, 3.8) is 0 Å². The number of amides is 1. The average Bonchev–Trinajstić information content (AvgIpc) is 3.34. The van der Waals surface area contributed by atoms with Crippen LogP contribution in [0.1, 0.15) is 35.8 Å². The Labute approximate surface area is 155 Å². The zero-order valence-corrected chi connectivity index (χ0v) is 15.3. The second kappa shape index (κ2) is 7.33. The maximum atomic E-state index is 12.4. The molecular weight excluding hydrogens is 350 g/mol. The number of piperidine rings is 1. The summed E-state index contributed by atoms with van der Waals surface area (Å²) >= 11 is 1.62. The summed E-state index contributed by atoms with van der Waals surface area (Å²) in [6.45, 7) is 3.33. The molecule has 3 aromatic heterocycles. The first-order valence-electron chi connectivity index (χ1n) is 8.60. The van der Waals surface area contributed by atoms with E-state index in [1.54, 1.807) is 23.7 Å². The molecule has 4 heterocycles. The Balaban J connectivity index is 1.36. The lowest BCUT2D eigenvalue weighted by Gasteiger charge is -2.30. The van der Waals surface area contributed by atoms with Crippen molar-refractivity contribution < 1.29 is 9.32 Å². The SMILES string of the molecule is Cc1cnc(-c2nc(C3CCN(C(=O)Cc4ccsc4)CC3)no2)cn1. The third-order valence-electron chi connectivity index (χ3n) is 4.59. The van der Waals surface area contributed by atoms with Crippen LogP contribution in [-0.2, 0) is 11.2 Å². The molecule has 1 aliphatic heterocycles. The second-order valence-electron chi connectivity index (χ2n) is 6.46. The number of hydrogen-bond donors (Lipinski definition) is 0. The third-order valence-corrected chi connectivity index (χ3v) is 5.32. The van der Waals surface area contributed by atoms with Crippen molar-refractivity contribution in [2.75, 3.05) is 13.1 Å². The summed E-state index contributed by atoms with van der Waals surface area (Å²) in [5, 5.41) is 8.14. The molecule has 7 nitrogen and oxygen atoms in total. The van der Waals surface area contributed by atoms with Gasteiger partial charge in [0.25, 0.3) is 5.89 Å². The maximum Gasteiger partial charge on any atom is 0.278 e. The standard InChI is InChI=1S/C18H19N5O2S/c1-12-9-20-15(10-19-12)18-21-17(22-25-18)14-2-5-23(6-3-14)16(24)8-13-4-7-26-11-13/h4,7,9-11,14H,2-3,5-6,8H2,1H3. The van der Waals surface area contributed by atoms with Gasteiger partial charge in [0.15, 0.2) is 5.82 Å². The van der Waals surface area contributed by atoms with Crippen molar-refractivity contribution in [3.8, 4) is 11.6 Å². The summed E-state index contributed by atoms with van der Waals surface area (Å²) < 4.78 is 5.35. The van der Waals surface area contributed by atoms with Gasteiger partial charge in [-0.15, -0.1) is 0 Å². The molecule has 26 heavy (non-hydrogen) atoms. The Hall–Kier alpha value is -2.61. The van der Waals surface area contributed by atoms with Gasteiger partial charge in [0, 0.05) is 25.2 Å². The summed E-state index contributed by atoms with van der Waals surface area (Å²) in [6, 6.07) is 2.00. The van der Waals surface area contributed by atoms with Crippen LogP contribution in [0.25, 0.3) is 11.6 Å². The van der Waals surface area contributed by atoms with Gasteiger partial charge >= 0.3 is 0 Å². The smallest absolute Gasteiger partial charge is 0.278 e. The molecule has 1 fully saturated rings. The van der Waals surface area contributed by atoms with Crippen LogP contribution in [0.15, 0.2) is 33.7 Å². The van der Waals surface area contributed by atoms with Gasteiger partial charge in [-0.2, -0.15) is 16.3 Å². The average molecular weight is 369 g/mol. The van der Waals surface area contributed by atoms with Crippen LogP contribution >= 0.6 is 11.3 Å². The molecule has 8 heteroatoms. The van der Waals surface area contributed by atoms with E-state index < -0.39 is 0 Å². The van der Waals surface area contributed by atoms with Gasteiger partial charge in [0.1, 0.15) is 5.69 Å². The van der Waals surface area contributed by atoms with Crippen molar-refractivity contribution in [3.05, 3.63) is 46.3 Å². The zero-order chi connectivity index (χ0) is 17.9. The molecular formula is C18H19N5O2S. The van der Waals surface area contributed by atoms with Crippen molar-refractivity contribution >= 4 is 17.2 Å². The minimum atomic E-state index is 0.186. The molecule has 0 saturated carbocycles. The maximum absolute atomic E-state index is 12.4. The van der Waals surface area contributed by atoms with Crippen LogP contribution in [0.2, 0.25) is 0 Å². The summed E-state index contributed by atoms with van der Waals surface area (Å²) in [5.74, 6) is 1.47. The minimum absolute atomic E-state index is 0.186. The highest BCUT2D eigenvalue weighted by atomic mass is 32.1. The topological polar surface area (TPSA) is 85.0 Å². The molecule has 134 valence electrons. The van der Waals surface area contributed by atoms with Crippen molar-refractivity contribution in [1.82, 2.24) is 25.0 Å². The van der Waals surface area contributed by atoms with E-state index in [0.29, 0.717) is 23.8 Å². The predicted molar refractivity (Wildman–Crippen MR) is 96.6 cm³/mol. The largest absolute Gasteiger partial charge is 0.342 e. The van der Waals surface area contributed by atoms with Crippen LogP contribution in [-0.4, -0.2) is 44.0 Å². The van der Waals surface area contributed by atoms with Crippen LogP contribution in [0, 0.1) is 6.92 Å². The second-order valence-corrected chi connectivity index (χ2v) is 7.24. The van der Waals surface area contributed by atoms with Crippen molar-refractivity contribution in [2.45, 2.75) is 32.1 Å². The molecule has 3 aromatic rings. The lowest BCUT2D eigenvalue weighted by molar-refractivity contribution is -0.131. The molecule has 0 radical (unpaired) electrons. The van der Waals surface area contributed by atoms with Gasteiger partial charge in [-0.1, -0.05) is 5.16 Å². The van der Waals surface area contributed by atoms with E-state index in [4.69, 9.17) is 4.52 Å². The minimum Gasteiger partial charge on any atom is -0.342 e. The van der Waals surface area contributed by atoms with Gasteiger partial charge < -0.3 is 9.42 Å². The van der Waals surface area contributed by atoms with E-state index in [0.717, 1.165) is 37.2 Å². The number of aryl methyl sites for hydroxylation is 1. The fourth-order valence-electron chi connectivity index (χ4n) is 3.07. The van der Waals surface area contributed by atoms with Crippen LogP contribution in [0.5, 0.6) is 0 Å². The van der Waals surface area contributed by atoms with E-state index in [9.17, 15) is 4.79 Å². The Kier molecular flexibility index (Phi) is 4.75. The quantitative estimate of drug-likeness (QED) is 0.703. The Morgan fingerprint density at radius 3 is 2.85 bits per heavy atom. The molecule has 0 spiro atoms. The molecule has 0 aliphatic carbocycles. The highest BCUT2D eigenvalue weighted by Crippen LogP contribution is 2.28. The number of hydrogen-bond acceptors (Lipinski definition) is 7. The summed E-state index contributed by atoms with van der Waals surface area (Å²) in [6.07, 6.45) is 5.48. The number of aromatic nitrogens is 4. The number of carbonyl (C=O) groups is 1. The zero-order valence-electron chi connectivity index (χ0n) is 14.5. The van der Waals surface area contributed by atoms with E-state index >= 15 is 0 Å². The molecule has 0 aromatic carbocycles. The molecule has 0 unspecified atom stereocenters. The highest BCUT2D eigenvalue weighted by Gasteiger charge is 2.27. The van der Waals surface area contributed by atoms with Gasteiger partial charge in [-0.05, 0) is 42.2 Å². The first-order chi connectivity index (χ1) is 12.7. The molecule has 0 N–H and O–H groups in total. The normalized spacial score (nSPS) is 15.3. The Morgan fingerprint density at radius 2 is 2.15 bits per heavy atom. The van der Waals surface area contributed by atoms with Crippen molar-refractivity contribution in [1.29, 1.82) is 0 Å². The third kappa shape index (κ3) is 3.65. The fraction of sp³-hybridized carbons (Fsp3) is 0.389. The molecule has 4 rings (SSSR count). The van der Waals surface area contributed by atoms with E-state index in [-0.39, 0.29) is 11.8 Å². The number of rotatable bonds is 4. The van der Waals surface area contributed by atoms with Gasteiger partial charge in [-0.25, -0.2) is 4.98 Å². The first-order valence-corrected chi connectivity index (χ1v) is 9.55. The predicted octanol–water partition coefficient (Wildman–Crippen LogP) is 2.85. The van der Waals surface area contributed by atoms with Gasteiger partial charge in [-0.3, -0.25) is 9.78 Å². The van der Waals surface area contributed by atoms with E-state index in [1.165, 1.54) is 0 Å². The van der Waals surface area contributed by atoms with Crippen LogP contribution < -0.4 is 0 Å². The van der Waals surface area contributed by atoms with Crippen LogP contribution in [0.4, 0.5) is 0 Å². The number of thiophene rings is 1. The highest BCUT2D eigenvalue weighted by molar-refractivity contribution is 7.08. The van der Waals surface area contributed by atoms with Crippen LogP contribution in [0.3, 0.4) is 0 Å². The number of nitrogens with zero attached hydrogens (tertiary/aromatic N) is 5. The summed E-state index contributed by atoms with van der Waals surface area (Å²) in [4.78, 5) is 27.3. The first kappa shape index (κ1) is 16.8. The van der Waals surface area contributed by atoms with E-state index in [1.807, 2.05) is 28.7 Å². The van der Waals surface area contributed by atoms with E-state index in [2.05, 4.69) is 20.1 Å². The van der Waals surface area contributed by atoms with Crippen molar-refractivity contribution in [2.24, 2.45) is 0 Å². The lowest BCUT2D eigenvalue weighted by atomic mass is 9.96. The number of carbonyl (C=O) groups excluding carboxylic acids is 1. The molecule has 1 aliphatic rings. The summed E-state index contributed by atoms with van der Waals surface area (Å²) in [7, 11) is 0. The van der Waals surface area contributed by atoms with Gasteiger partial charge in [0.05, 0.1) is 18.3 Å². The lowest BCUT2D eigenvalue weighted by Crippen LogP contribution is -2.38. The molecule has 1 saturated heterocycles. The van der Waals surface area contributed by atoms with Gasteiger partial charge in [0.2, 0.25) is 5.91 Å². The molecule has 0 bridgehead atoms. The Bertz CT molecular complexity index is 867.